The molecule has 1 aliphatic heterocycles. The summed E-state index contributed by atoms with van der Waals surface area (Å²) in [6, 6.07) is 13.7. The number of benzene rings is 2. The third kappa shape index (κ3) is 5.88. The smallest absolute Gasteiger partial charge is 0.406 e. The quantitative estimate of drug-likeness (QED) is 0.449. The molecule has 0 saturated carbocycles. The van der Waals surface area contributed by atoms with Crippen molar-refractivity contribution in [1.29, 1.82) is 0 Å². The summed E-state index contributed by atoms with van der Waals surface area (Å²) in [4.78, 5) is 27.3. The van der Waals surface area contributed by atoms with Crippen LogP contribution in [-0.2, 0) is 14.3 Å². The molecule has 0 fully saturated rings. The summed E-state index contributed by atoms with van der Waals surface area (Å²) in [6.45, 7) is 4.32. The number of halogens is 3. The van der Waals surface area contributed by atoms with Gasteiger partial charge in [-0.05, 0) is 38.0 Å². The molecule has 170 valence electrons. The highest BCUT2D eigenvalue weighted by Gasteiger charge is 2.39. The largest absolute Gasteiger partial charge is 0.573 e. The molecule has 1 N–H and O–H groups in total. The van der Waals surface area contributed by atoms with Gasteiger partial charge in [-0.2, -0.15) is 0 Å². The number of carbonyl (C=O) groups is 2. The molecule has 0 unspecified atom stereocenters. The van der Waals surface area contributed by atoms with Crippen molar-refractivity contribution in [2.75, 3.05) is 18.5 Å². The Morgan fingerprint density at radius 2 is 1.72 bits per heavy atom. The van der Waals surface area contributed by atoms with Gasteiger partial charge in [0.15, 0.2) is 0 Å². The van der Waals surface area contributed by atoms with Gasteiger partial charge in [-0.25, -0.2) is 0 Å². The van der Waals surface area contributed by atoms with Gasteiger partial charge in [-0.15, -0.1) is 13.2 Å². The molecule has 0 bridgehead atoms. The monoisotopic (exact) mass is 448 g/mol. The van der Waals surface area contributed by atoms with E-state index < -0.39 is 23.9 Å². The number of nitrogens with zero attached hydrogens (tertiary/aromatic N) is 1. The van der Waals surface area contributed by atoms with E-state index in [9.17, 15) is 22.8 Å². The lowest BCUT2D eigenvalue weighted by molar-refractivity contribution is -0.274. The van der Waals surface area contributed by atoms with Gasteiger partial charge in [0.1, 0.15) is 11.4 Å². The molecule has 0 saturated heterocycles. The number of hydrogen-bond donors (Lipinski definition) is 1. The second kappa shape index (κ2) is 9.86. The van der Waals surface area contributed by atoms with Crippen molar-refractivity contribution in [2.24, 2.45) is 0 Å². The number of nitrogens with one attached hydrogen (secondary N) is 1. The van der Waals surface area contributed by atoms with Crippen molar-refractivity contribution < 1.29 is 32.2 Å². The molecule has 6 nitrogen and oxygen atoms in total. The van der Waals surface area contributed by atoms with Crippen LogP contribution in [0.3, 0.4) is 0 Å². The van der Waals surface area contributed by atoms with E-state index in [-0.39, 0.29) is 29.6 Å². The standard InChI is InChI=1S/C23H23F3N2O4/c1-15(2)31-13-7-12-28-21(29)19(16-8-4-3-5-9-16)20(22(28)30)27-17-10-6-11-18(14-17)32-23(24,25)26/h3-6,8-11,14-15,27H,7,12-13H2,1-2H3. The fraction of sp³-hybridized carbons (Fsp3) is 0.304. The lowest BCUT2D eigenvalue weighted by atomic mass is 10.0. The number of ether oxygens (including phenoxy) is 2. The Labute approximate surface area is 183 Å². The summed E-state index contributed by atoms with van der Waals surface area (Å²) in [5.74, 6) is -1.47. The molecule has 9 heteroatoms. The number of anilines is 1. The van der Waals surface area contributed by atoms with E-state index in [1.165, 1.54) is 12.1 Å². The first kappa shape index (κ1) is 23.3. The van der Waals surface area contributed by atoms with Crippen molar-refractivity contribution in [3.8, 4) is 5.75 Å². The first-order chi connectivity index (χ1) is 15.2. The van der Waals surface area contributed by atoms with Gasteiger partial charge in [0, 0.05) is 24.9 Å². The molecule has 0 aromatic heterocycles. The number of hydrogen-bond acceptors (Lipinski definition) is 5. The first-order valence-corrected chi connectivity index (χ1v) is 10.1. The maximum absolute atomic E-state index is 13.1. The minimum atomic E-state index is -4.85. The lowest BCUT2D eigenvalue weighted by Crippen LogP contribution is -2.34. The SMILES string of the molecule is CC(C)OCCCN1C(=O)C(Nc2cccc(OC(F)(F)F)c2)=C(c2ccccc2)C1=O. The van der Waals surface area contributed by atoms with Gasteiger partial charge in [0.05, 0.1) is 11.7 Å². The average molecular weight is 448 g/mol. The first-order valence-electron chi connectivity index (χ1n) is 10.1. The van der Waals surface area contributed by atoms with Crippen molar-refractivity contribution in [3.63, 3.8) is 0 Å². The minimum absolute atomic E-state index is 0.00450. The van der Waals surface area contributed by atoms with Crippen molar-refractivity contribution in [3.05, 3.63) is 65.9 Å². The topological polar surface area (TPSA) is 67.9 Å². The zero-order chi connectivity index (χ0) is 23.3. The molecule has 1 heterocycles. The fourth-order valence-corrected chi connectivity index (χ4v) is 3.22. The third-order valence-electron chi connectivity index (χ3n) is 4.54. The second-order valence-electron chi connectivity index (χ2n) is 7.35. The van der Waals surface area contributed by atoms with Crippen LogP contribution in [0.1, 0.15) is 25.8 Å². The van der Waals surface area contributed by atoms with Gasteiger partial charge in [0.2, 0.25) is 0 Å². The molecular weight excluding hydrogens is 425 g/mol. The molecule has 0 aliphatic carbocycles. The Bertz CT molecular complexity index is 1000. The predicted octanol–water partition coefficient (Wildman–Crippen LogP) is 4.59. The van der Waals surface area contributed by atoms with Crippen LogP contribution in [0.5, 0.6) is 5.75 Å². The maximum atomic E-state index is 13.1. The van der Waals surface area contributed by atoms with E-state index in [1.807, 2.05) is 13.8 Å². The lowest BCUT2D eigenvalue weighted by Gasteiger charge is -2.16. The fourth-order valence-electron chi connectivity index (χ4n) is 3.22. The van der Waals surface area contributed by atoms with Crippen LogP contribution in [0.4, 0.5) is 18.9 Å². The molecule has 32 heavy (non-hydrogen) atoms. The molecule has 2 aromatic carbocycles. The Morgan fingerprint density at radius 3 is 2.38 bits per heavy atom. The normalized spacial score (nSPS) is 14.5. The van der Waals surface area contributed by atoms with Crippen LogP contribution in [0.15, 0.2) is 60.3 Å². The van der Waals surface area contributed by atoms with E-state index in [0.29, 0.717) is 18.6 Å². The van der Waals surface area contributed by atoms with Crippen LogP contribution in [0, 0.1) is 0 Å². The van der Waals surface area contributed by atoms with E-state index in [2.05, 4.69) is 10.1 Å². The average Bonchev–Trinajstić information content (AvgIpc) is 2.94. The van der Waals surface area contributed by atoms with Crippen LogP contribution >= 0.6 is 0 Å². The van der Waals surface area contributed by atoms with Crippen LogP contribution in [0.25, 0.3) is 5.57 Å². The third-order valence-corrected chi connectivity index (χ3v) is 4.54. The van der Waals surface area contributed by atoms with E-state index in [1.54, 1.807) is 30.3 Å². The van der Waals surface area contributed by atoms with Crippen molar-refractivity contribution in [2.45, 2.75) is 32.7 Å². The Kier molecular flexibility index (Phi) is 7.19. The summed E-state index contributed by atoms with van der Waals surface area (Å²) in [5.41, 5.74) is 0.857. The van der Waals surface area contributed by atoms with Crippen molar-refractivity contribution >= 4 is 23.1 Å². The van der Waals surface area contributed by atoms with Gasteiger partial charge >= 0.3 is 6.36 Å². The highest BCUT2D eigenvalue weighted by atomic mass is 19.4. The van der Waals surface area contributed by atoms with Crippen LogP contribution < -0.4 is 10.1 Å². The molecule has 0 spiro atoms. The highest BCUT2D eigenvalue weighted by molar-refractivity contribution is 6.36. The van der Waals surface area contributed by atoms with Gasteiger partial charge < -0.3 is 14.8 Å². The van der Waals surface area contributed by atoms with Crippen molar-refractivity contribution in [1.82, 2.24) is 4.90 Å². The highest BCUT2D eigenvalue weighted by Crippen LogP contribution is 2.32. The summed E-state index contributed by atoms with van der Waals surface area (Å²) >= 11 is 0. The molecular formula is C23H23F3N2O4. The molecule has 0 radical (unpaired) electrons. The van der Waals surface area contributed by atoms with E-state index in [0.717, 1.165) is 17.0 Å². The van der Waals surface area contributed by atoms with Gasteiger partial charge in [0.25, 0.3) is 11.8 Å². The molecule has 1 aliphatic rings. The Hall–Kier alpha value is -3.33. The van der Waals surface area contributed by atoms with Crippen LogP contribution in [0.2, 0.25) is 0 Å². The molecule has 0 atom stereocenters. The summed E-state index contributed by atoms with van der Waals surface area (Å²) in [6.07, 6.45) is -4.36. The van der Waals surface area contributed by atoms with Gasteiger partial charge in [-0.1, -0.05) is 36.4 Å². The number of amides is 2. The summed E-state index contributed by atoms with van der Waals surface area (Å²) < 4.78 is 47.1. The predicted molar refractivity (Wildman–Crippen MR) is 113 cm³/mol. The summed E-state index contributed by atoms with van der Waals surface area (Å²) in [5, 5.41) is 2.82. The zero-order valence-corrected chi connectivity index (χ0v) is 17.6. The number of carbonyl (C=O) groups excluding carboxylic acids is 2. The second-order valence-corrected chi connectivity index (χ2v) is 7.35. The van der Waals surface area contributed by atoms with E-state index in [4.69, 9.17) is 4.74 Å². The molecule has 2 amide bonds. The number of rotatable bonds is 9. The molecule has 3 rings (SSSR count). The van der Waals surface area contributed by atoms with E-state index >= 15 is 0 Å². The Balaban J connectivity index is 1.88. The minimum Gasteiger partial charge on any atom is -0.406 e. The Morgan fingerprint density at radius 1 is 1.00 bits per heavy atom. The summed E-state index contributed by atoms with van der Waals surface area (Å²) in [7, 11) is 0. The zero-order valence-electron chi connectivity index (χ0n) is 17.6. The number of imide groups is 1. The number of alkyl halides is 3. The van der Waals surface area contributed by atoms with Gasteiger partial charge in [-0.3, -0.25) is 14.5 Å². The molecule has 2 aromatic rings. The van der Waals surface area contributed by atoms with Crippen LogP contribution in [-0.4, -0.2) is 42.3 Å². The maximum Gasteiger partial charge on any atom is 0.573 e.